The Labute approximate surface area is 170 Å². The molecule has 0 atom stereocenters. The summed E-state index contributed by atoms with van der Waals surface area (Å²) in [5.41, 5.74) is 0.908. The summed E-state index contributed by atoms with van der Waals surface area (Å²) in [6, 6.07) is 10.3. The first-order chi connectivity index (χ1) is 13.4. The summed E-state index contributed by atoms with van der Waals surface area (Å²) in [5, 5.41) is 2.57. The van der Waals surface area contributed by atoms with E-state index in [9.17, 15) is 18.4 Å². The molecule has 1 heterocycles. The molecule has 1 saturated heterocycles. The number of nitrogens with zero attached hydrogens (tertiary/aromatic N) is 2. The predicted molar refractivity (Wildman–Crippen MR) is 106 cm³/mol. The molecule has 8 heteroatoms. The number of carbonyl (C=O) groups is 2. The zero-order chi connectivity index (χ0) is 20.1. The quantitative estimate of drug-likeness (QED) is 0.759. The number of anilines is 1. The van der Waals surface area contributed by atoms with Crippen molar-refractivity contribution in [1.82, 2.24) is 9.80 Å². The number of amides is 2. The van der Waals surface area contributed by atoms with Crippen LogP contribution in [0, 0.1) is 11.6 Å². The van der Waals surface area contributed by atoms with Gasteiger partial charge >= 0.3 is 0 Å². The molecule has 5 nitrogen and oxygen atoms in total. The van der Waals surface area contributed by atoms with Crippen LogP contribution in [0.15, 0.2) is 46.9 Å². The van der Waals surface area contributed by atoms with Gasteiger partial charge in [0, 0.05) is 30.7 Å². The summed E-state index contributed by atoms with van der Waals surface area (Å²) in [7, 11) is 0. The Balaban J connectivity index is 1.45. The minimum atomic E-state index is -0.501. The number of nitrogens with one attached hydrogen (secondary N) is 1. The van der Waals surface area contributed by atoms with Crippen molar-refractivity contribution in [1.29, 1.82) is 0 Å². The van der Waals surface area contributed by atoms with Crippen LogP contribution in [0.3, 0.4) is 0 Å². The maximum absolute atomic E-state index is 13.8. The Morgan fingerprint density at radius 3 is 2.32 bits per heavy atom. The van der Waals surface area contributed by atoms with Crippen LogP contribution in [0.4, 0.5) is 14.5 Å². The van der Waals surface area contributed by atoms with Crippen LogP contribution < -0.4 is 5.32 Å². The third kappa shape index (κ3) is 5.59. The van der Waals surface area contributed by atoms with Crippen molar-refractivity contribution in [3.05, 3.63) is 64.1 Å². The SMILES string of the molecule is O=C(CN1CCN(C(=O)Cc2ccc(F)cc2)CC1)Nc1ccc(Br)cc1F. The molecule has 1 N–H and O–H groups in total. The lowest BCUT2D eigenvalue weighted by Crippen LogP contribution is -2.50. The van der Waals surface area contributed by atoms with Gasteiger partial charge in [0.25, 0.3) is 0 Å². The minimum Gasteiger partial charge on any atom is -0.340 e. The van der Waals surface area contributed by atoms with Crippen molar-refractivity contribution < 1.29 is 18.4 Å². The van der Waals surface area contributed by atoms with Gasteiger partial charge in [0.2, 0.25) is 11.8 Å². The average Bonchev–Trinajstić information content (AvgIpc) is 2.66. The van der Waals surface area contributed by atoms with Gasteiger partial charge in [-0.15, -0.1) is 0 Å². The van der Waals surface area contributed by atoms with Gasteiger partial charge in [-0.2, -0.15) is 0 Å². The van der Waals surface area contributed by atoms with Crippen LogP contribution in [-0.4, -0.2) is 54.3 Å². The van der Waals surface area contributed by atoms with Crippen LogP contribution in [-0.2, 0) is 16.0 Å². The molecule has 0 unspecified atom stereocenters. The monoisotopic (exact) mass is 451 g/mol. The maximum atomic E-state index is 13.8. The van der Waals surface area contributed by atoms with Crippen molar-refractivity contribution in [3.8, 4) is 0 Å². The van der Waals surface area contributed by atoms with Crippen LogP contribution in [0.25, 0.3) is 0 Å². The summed E-state index contributed by atoms with van der Waals surface area (Å²) in [4.78, 5) is 28.2. The second kappa shape index (κ2) is 9.25. The van der Waals surface area contributed by atoms with E-state index in [1.54, 1.807) is 23.1 Å². The Morgan fingerprint density at radius 1 is 1.00 bits per heavy atom. The lowest BCUT2D eigenvalue weighted by atomic mass is 10.1. The highest BCUT2D eigenvalue weighted by Gasteiger charge is 2.22. The van der Waals surface area contributed by atoms with Crippen molar-refractivity contribution in [3.63, 3.8) is 0 Å². The van der Waals surface area contributed by atoms with Crippen LogP contribution >= 0.6 is 15.9 Å². The van der Waals surface area contributed by atoms with E-state index in [0.717, 1.165) is 5.56 Å². The molecule has 2 aromatic carbocycles. The van der Waals surface area contributed by atoms with Crippen LogP contribution in [0.5, 0.6) is 0 Å². The molecular formula is C20H20BrF2N3O2. The van der Waals surface area contributed by atoms with E-state index >= 15 is 0 Å². The molecular weight excluding hydrogens is 432 g/mol. The average molecular weight is 452 g/mol. The summed E-state index contributed by atoms with van der Waals surface area (Å²) < 4.78 is 27.4. The number of benzene rings is 2. The molecule has 2 amide bonds. The molecule has 1 aliphatic heterocycles. The summed E-state index contributed by atoms with van der Waals surface area (Å²) in [6.45, 7) is 2.28. The number of hydrogen-bond donors (Lipinski definition) is 1. The van der Waals surface area contributed by atoms with Crippen LogP contribution in [0.1, 0.15) is 5.56 Å². The van der Waals surface area contributed by atoms with Gasteiger partial charge in [0.15, 0.2) is 0 Å². The highest BCUT2D eigenvalue weighted by atomic mass is 79.9. The number of carbonyl (C=O) groups excluding carboxylic acids is 2. The van der Waals surface area contributed by atoms with Crippen molar-refractivity contribution in [2.75, 3.05) is 38.0 Å². The largest absolute Gasteiger partial charge is 0.340 e. The van der Waals surface area contributed by atoms with E-state index in [1.807, 2.05) is 4.90 Å². The zero-order valence-electron chi connectivity index (χ0n) is 15.1. The van der Waals surface area contributed by atoms with Gasteiger partial charge in [-0.05, 0) is 35.9 Å². The predicted octanol–water partition coefficient (Wildman–Crippen LogP) is 3.05. The van der Waals surface area contributed by atoms with Gasteiger partial charge in [-0.3, -0.25) is 14.5 Å². The lowest BCUT2D eigenvalue weighted by molar-refractivity contribution is -0.132. The lowest BCUT2D eigenvalue weighted by Gasteiger charge is -2.34. The van der Waals surface area contributed by atoms with Crippen molar-refractivity contribution in [2.45, 2.75) is 6.42 Å². The Morgan fingerprint density at radius 2 is 1.68 bits per heavy atom. The first kappa shape index (κ1) is 20.4. The highest BCUT2D eigenvalue weighted by molar-refractivity contribution is 9.10. The van der Waals surface area contributed by atoms with E-state index in [0.29, 0.717) is 30.7 Å². The Kier molecular flexibility index (Phi) is 6.74. The number of piperazine rings is 1. The van der Waals surface area contributed by atoms with Gasteiger partial charge in [-0.1, -0.05) is 28.1 Å². The molecule has 0 aliphatic carbocycles. The topological polar surface area (TPSA) is 52.7 Å². The Hall–Kier alpha value is -2.32. The van der Waals surface area contributed by atoms with Gasteiger partial charge in [-0.25, -0.2) is 8.78 Å². The van der Waals surface area contributed by atoms with Gasteiger partial charge in [0.05, 0.1) is 18.7 Å². The third-order valence-corrected chi connectivity index (χ3v) is 5.06. The van der Waals surface area contributed by atoms with E-state index in [1.165, 1.54) is 24.3 Å². The van der Waals surface area contributed by atoms with E-state index in [2.05, 4.69) is 21.2 Å². The fraction of sp³-hybridized carbons (Fsp3) is 0.300. The molecule has 3 rings (SSSR count). The summed E-state index contributed by atoms with van der Waals surface area (Å²) in [5.74, 6) is -1.15. The maximum Gasteiger partial charge on any atom is 0.238 e. The van der Waals surface area contributed by atoms with Gasteiger partial charge in [0.1, 0.15) is 11.6 Å². The molecule has 1 fully saturated rings. The zero-order valence-corrected chi connectivity index (χ0v) is 16.7. The van der Waals surface area contributed by atoms with E-state index in [-0.39, 0.29) is 36.3 Å². The molecule has 0 aromatic heterocycles. The molecule has 2 aromatic rings. The molecule has 148 valence electrons. The van der Waals surface area contributed by atoms with Crippen LogP contribution in [0.2, 0.25) is 0 Å². The fourth-order valence-electron chi connectivity index (χ4n) is 3.03. The fourth-order valence-corrected chi connectivity index (χ4v) is 3.36. The first-order valence-electron chi connectivity index (χ1n) is 8.90. The highest BCUT2D eigenvalue weighted by Crippen LogP contribution is 2.19. The smallest absolute Gasteiger partial charge is 0.238 e. The Bertz CT molecular complexity index is 853. The molecule has 0 saturated carbocycles. The number of hydrogen-bond acceptors (Lipinski definition) is 3. The van der Waals surface area contributed by atoms with Crippen molar-refractivity contribution in [2.24, 2.45) is 0 Å². The number of rotatable bonds is 5. The molecule has 28 heavy (non-hydrogen) atoms. The first-order valence-corrected chi connectivity index (χ1v) is 9.69. The molecule has 0 radical (unpaired) electrons. The second-order valence-corrected chi connectivity index (χ2v) is 7.55. The van der Waals surface area contributed by atoms with E-state index in [4.69, 9.17) is 0 Å². The molecule has 0 bridgehead atoms. The normalized spacial score (nSPS) is 14.8. The minimum absolute atomic E-state index is 0.0207. The molecule has 0 spiro atoms. The second-order valence-electron chi connectivity index (χ2n) is 6.63. The summed E-state index contributed by atoms with van der Waals surface area (Å²) >= 11 is 3.17. The molecule has 1 aliphatic rings. The van der Waals surface area contributed by atoms with E-state index < -0.39 is 5.82 Å². The van der Waals surface area contributed by atoms with Gasteiger partial charge < -0.3 is 10.2 Å². The third-order valence-electron chi connectivity index (χ3n) is 4.57. The standard InChI is InChI=1S/C20H20BrF2N3O2/c21-15-3-6-18(17(23)12-15)24-19(27)13-25-7-9-26(10-8-25)20(28)11-14-1-4-16(22)5-2-14/h1-6,12H,7-11,13H2,(H,24,27). The van der Waals surface area contributed by atoms with Crippen molar-refractivity contribution >= 4 is 33.4 Å². The summed E-state index contributed by atoms with van der Waals surface area (Å²) in [6.07, 6.45) is 0.226. The number of halogens is 3.